The molecular weight excluding hydrogens is 239 g/mol. The van der Waals surface area contributed by atoms with Crippen LogP contribution in [-0.2, 0) is 6.54 Å². The molecule has 1 aromatic rings. The Balaban J connectivity index is 2.73. The number of aliphatic hydroxyl groups is 1. The number of halogens is 1. The summed E-state index contributed by atoms with van der Waals surface area (Å²) in [5.74, 6) is -0.797. The molecule has 0 spiro atoms. The van der Waals surface area contributed by atoms with Crippen LogP contribution in [0.4, 0.5) is 10.1 Å². The maximum atomic E-state index is 13.7. The molecule has 1 unspecified atom stereocenters. The highest BCUT2D eigenvalue weighted by Crippen LogP contribution is 2.20. The van der Waals surface area contributed by atoms with Gasteiger partial charge in [-0.1, -0.05) is 19.1 Å². The van der Waals surface area contributed by atoms with Crippen LogP contribution in [0.25, 0.3) is 0 Å². The van der Waals surface area contributed by atoms with E-state index in [0.717, 1.165) is 12.5 Å². The van der Waals surface area contributed by atoms with E-state index in [1.54, 1.807) is 0 Å². The largest absolute Gasteiger partial charge is 0.396 e. The monoisotopic (exact) mass is 256 g/mol. The molecule has 0 saturated heterocycles. The van der Waals surface area contributed by atoms with E-state index in [1.165, 1.54) is 12.1 Å². The van der Waals surface area contributed by atoms with Crippen molar-refractivity contribution in [3.05, 3.63) is 39.7 Å². The SMILES string of the molecule is CCC(CCO)NCc1cccc([N+](=O)[O-])c1F. The second kappa shape index (κ2) is 7.03. The molecule has 0 bridgehead atoms. The molecule has 1 rings (SSSR count). The maximum absolute atomic E-state index is 13.7. The normalized spacial score (nSPS) is 12.4. The number of nitro benzene ring substituents is 1. The molecule has 6 heteroatoms. The van der Waals surface area contributed by atoms with E-state index in [0.29, 0.717) is 6.42 Å². The van der Waals surface area contributed by atoms with E-state index >= 15 is 0 Å². The van der Waals surface area contributed by atoms with E-state index in [1.807, 2.05) is 6.92 Å². The van der Waals surface area contributed by atoms with Gasteiger partial charge in [0.25, 0.3) is 0 Å². The van der Waals surface area contributed by atoms with E-state index in [-0.39, 0.29) is 24.8 Å². The standard InChI is InChI=1S/C12H17FN2O3/c1-2-10(6-7-16)14-8-9-4-3-5-11(12(9)13)15(17)18/h3-5,10,14,16H,2,6-8H2,1H3. The van der Waals surface area contributed by atoms with E-state index in [4.69, 9.17) is 5.11 Å². The predicted molar refractivity (Wildman–Crippen MR) is 65.7 cm³/mol. The van der Waals surface area contributed by atoms with Crippen molar-refractivity contribution < 1.29 is 14.4 Å². The third-order valence-electron chi connectivity index (χ3n) is 2.81. The molecule has 0 amide bonds. The molecular formula is C12H17FN2O3. The van der Waals surface area contributed by atoms with Gasteiger partial charge in [0.15, 0.2) is 0 Å². The van der Waals surface area contributed by atoms with Crippen LogP contribution in [0.2, 0.25) is 0 Å². The van der Waals surface area contributed by atoms with Gasteiger partial charge in [-0.25, -0.2) is 0 Å². The molecule has 0 aliphatic heterocycles. The number of nitrogens with zero attached hydrogens (tertiary/aromatic N) is 1. The summed E-state index contributed by atoms with van der Waals surface area (Å²) in [5, 5.41) is 22.5. The average Bonchev–Trinajstić information content (AvgIpc) is 2.35. The van der Waals surface area contributed by atoms with Crippen molar-refractivity contribution in [2.75, 3.05) is 6.61 Å². The Bertz CT molecular complexity index is 412. The minimum absolute atomic E-state index is 0.0585. The van der Waals surface area contributed by atoms with Crippen LogP contribution in [0.3, 0.4) is 0 Å². The minimum Gasteiger partial charge on any atom is -0.396 e. The first kappa shape index (κ1) is 14.5. The molecule has 18 heavy (non-hydrogen) atoms. The topological polar surface area (TPSA) is 75.4 Å². The molecule has 0 aliphatic rings. The fraction of sp³-hybridized carbons (Fsp3) is 0.500. The minimum atomic E-state index is -0.797. The van der Waals surface area contributed by atoms with Crippen molar-refractivity contribution in [1.29, 1.82) is 0 Å². The number of hydrogen-bond acceptors (Lipinski definition) is 4. The van der Waals surface area contributed by atoms with Crippen molar-refractivity contribution >= 4 is 5.69 Å². The third kappa shape index (κ3) is 3.75. The zero-order valence-corrected chi connectivity index (χ0v) is 10.2. The Labute approximate surface area is 105 Å². The van der Waals surface area contributed by atoms with Crippen molar-refractivity contribution in [2.45, 2.75) is 32.4 Å². The van der Waals surface area contributed by atoms with E-state index < -0.39 is 16.4 Å². The third-order valence-corrected chi connectivity index (χ3v) is 2.81. The molecule has 0 fully saturated rings. The summed E-state index contributed by atoms with van der Waals surface area (Å²) in [7, 11) is 0. The summed E-state index contributed by atoms with van der Waals surface area (Å²) in [5.41, 5.74) is -0.245. The molecule has 1 aromatic carbocycles. The first-order valence-corrected chi connectivity index (χ1v) is 5.86. The first-order valence-electron chi connectivity index (χ1n) is 5.86. The quantitative estimate of drug-likeness (QED) is 0.578. The van der Waals surface area contributed by atoms with Crippen LogP contribution >= 0.6 is 0 Å². The molecule has 1 atom stereocenters. The molecule has 0 saturated carbocycles. The number of aliphatic hydroxyl groups excluding tert-OH is 1. The van der Waals surface area contributed by atoms with Gasteiger partial charge in [-0.15, -0.1) is 0 Å². The van der Waals surface area contributed by atoms with Crippen molar-refractivity contribution in [3.63, 3.8) is 0 Å². The Morgan fingerprint density at radius 3 is 2.83 bits per heavy atom. The summed E-state index contributed by atoms with van der Waals surface area (Å²) >= 11 is 0. The highest BCUT2D eigenvalue weighted by atomic mass is 19.1. The first-order chi connectivity index (χ1) is 8.60. The van der Waals surface area contributed by atoms with Crippen LogP contribution in [0.1, 0.15) is 25.3 Å². The Kier molecular flexibility index (Phi) is 5.67. The zero-order valence-electron chi connectivity index (χ0n) is 10.2. The molecule has 2 N–H and O–H groups in total. The van der Waals surface area contributed by atoms with Crippen LogP contribution < -0.4 is 5.32 Å². The van der Waals surface area contributed by atoms with E-state index in [9.17, 15) is 14.5 Å². The second-order valence-corrected chi connectivity index (χ2v) is 4.01. The van der Waals surface area contributed by atoms with Gasteiger partial charge < -0.3 is 10.4 Å². The summed E-state index contributed by atoms with van der Waals surface area (Å²) in [6.45, 7) is 2.23. The number of hydrogen-bond donors (Lipinski definition) is 2. The number of rotatable bonds is 7. The van der Waals surface area contributed by atoms with Crippen LogP contribution in [0, 0.1) is 15.9 Å². The fourth-order valence-corrected chi connectivity index (χ4v) is 1.70. The molecule has 0 aliphatic carbocycles. The number of benzene rings is 1. The zero-order chi connectivity index (χ0) is 13.5. The summed E-state index contributed by atoms with van der Waals surface area (Å²) < 4.78 is 13.7. The van der Waals surface area contributed by atoms with Gasteiger partial charge in [-0.2, -0.15) is 4.39 Å². The Morgan fingerprint density at radius 1 is 1.56 bits per heavy atom. The maximum Gasteiger partial charge on any atom is 0.305 e. The lowest BCUT2D eigenvalue weighted by Crippen LogP contribution is -2.29. The van der Waals surface area contributed by atoms with Gasteiger partial charge in [-0.3, -0.25) is 10.1 Å². The Morgan fingerprint density at radius 2 is 2.28 bits per heavy atom. The van der Waals surface area contributed by atoms with Gasteiger partial charge in [0.05, 0.1) is 4.92 Å². The van der Waals surface area contributed by atoms with Crippen LogP contribution in [-0.4, -0.2) is 22.7 Å². The molecule has 0 heterocycles. The van der Waals surface area contributed by atoms with Gasteiger partial charge >= 0.3 is 5.69 Å². The number of nitro groups is 1. The molecule has 0 radical (unpaired) electrons. The molecule has 0 aromatic heterocycles. The summed E-state index contributed by atoms with van der Waals surface area (Å²) in [4.78, 5) is 9.85. The van der Waals surface area contributed by atoms with Crippen LogP contribution in [0.15, 0.2) is 18.2 Å². The second-order valence-electron chi connectivity index (χ2n) is 4.01. The fourth-order valence-electron chi connectivity index (χ4n) is 1.70. The average molecular weight is 256 g/mol. The lowest BCUT2D eigenvalue weighted by Gasteiger charge is -2.15. The molecule has 5 nitrogen and oxygen atoms in total. The van der Waals surface area contributed by atoms with Gasteiger partial charge in [-0.05, 0) is 12.8 Å². The highest BCUT2D eigenvalue weighted by Gasteiger charge is 2.17. The Hall–Kier alpha value is -1.53. The van der Waals surface area contributed by atoms with Crippen molar-refractivity contribution in [3.8, 4) is 0 Å². The van der Waals surface area contributed by atoms with Crippen molar-refractivity contribution in [1.82, 2.24) is 5.32 Å². The lowest BCUT2D eigenvalue weighted by molar-refractivity contribution is -0.387. The van der Waals surface area contributed by atoms with Gasteiger partial charge in [0, 0.05) is 30.8 Å². The van der Waals surface area contributed by atoms with Gasteiger partial charge in [0.1, 0.15) is 0 Å². The van der Waals surface area contributed by atoms with Crippen molar-refractivity contribution in [2.24, 2.45) is 0 Å². The molecule has 100 valence electrons. The lowest BCUT2D eigenvalue weighted by atomic mass is 10.1. The van der Waals surface area contributed by atoms with E-state index in [2.05, 4.69) is 5.32 Å². The highest BCUT2D eigenvalue weighted by molar-refractivity contribution is 5.36. The van der Waals surface area contributed by atoms with Gasteiger partial charge in [0.2, 0.25) is 5.82 Å². The smallest absolute Gasteiger partial charge is 0.305 e. The summed E-state index contributed by atoms with van der Waals surface area (Å²) in [6, 6.07) is 4.20. The van der Waals surface area contributed by atoms with Crippen LogP contribution in [0.5, 0.6) is 0 Å². The predicted octanol–water partition coefficient (Wildman–Crippen LogP) is 1.98. The summed E-state index contributed by atoms with van der Waals surface area (Å²) in [6.07, 6.45) is 1.38. The number of nitrogens with one attached hydrogen (secondary N) is 1.